The van der Waals surface area contributed by atoms with Gasteiger partial charge in [0.1, 0.15) is 5.75 Å². The Hall–Kier alpha value is -3.38. The van der Waals surface area contributed by atoms with Crippen LogP contribution in [0.15, 0.2) is 71.7 Å². The van der Waals surface area contributed by atoms with E-state index in [0.29, 0.717) is 30.4 Å². The third-order valence-corrected chi connectivity index (χ3v) is 6.63. The molecule has 3 aromatic rings. The van der Waals surface area contributed by atoms with Crippen molar-refractivity contribution in [1.29, 1.82) is 0 Å². The molecule has 1 atom stereocenters. The number of pyridine rings is 1. The van der Waals surface area contributed by atoms with E-state index in [1.54, 1.807) is 6.20 Å². The first-order valence-corrected chi connectivity index (χ1v) is 11.1. The van der Waals surface area contributed by atoms with Crippen LogP contribution >= 0.6 is 0 Å². The Labute approximate surface area is 187 Å². The second-order valence-electron chi connectivity index (χ2n) is 8.48. The van der Waals surface area contributed by atoms with E-state index in [4.69, 9.17) is 4.74 Å². The van der Waals surface area contributed by atoms with E-state index >= 15 is 0 Å². The predicted octanol–water partition coefficient (Wildman–Crippen LogP) is 3.12. The Bertz CT molecular complexity index is 1190. The molecule has 1 unspecified atom stereocenters. The van der Waals surface area contributed by atoms with Crippen molar-refractivity contribution in [1.82, 2.24) is 14.4 Å². The predicted molar refractivity (Wildman–Crippen MR) is 123 cm³/mol. The molecule has 32 heavy (non-hydrogen) atoms. The zero-order valence-corrected chi connectivity index (χ0v) is 18.2. The third kappa shape index (κ3) is 3.82. The van der Waals surface area contributed by atoms with Gasteiger partial charge in [0.25, 0.3) is 11.5 Å². The van der Waals surface area contributed by atoms with Crippen molar-refractivity contribution < 1.29 is 9.53 Å². The maximum absolute atomic E-state index is 13.5. The van der Waals surface area contributed by atoms with Crippen molar-refractivity contribution in [2.75, 3.05) is 26.7 Å². The van der Waals surface area contributed by atoms with Gasteiger partial charge >= 0.3 is 0 Å². The number of likely N-dealkylation sites (tertiary alicyclic amines) is 1. The van der Waals surface area contributed by atoms with Gasteiger partial charge < -0.3 is 9.64 Å². The van der Waals surface area contributed by atoms with Gasteiger partial charge in [-0.2, -0.15) is 0 Å². The number of hydrogen-bond acceptors (Lipinski definition) is 4. The van der Waals surface area contributed by atoms with Gasteiger partial charge in [0.15, 0.2) is 0 Å². The molecular weight excluding hydrogens is 402 g/mol. The highest BCUT2D eigenvalue weighted by Gasteiger charge is 2.33. The van der Waals surface area contributed by atoms with Gasteiger partial charge in [-0.1, -0.05) is 42.5 Å². The minimum Gasteiger partial charge on any atom is -0.496 e. The Morgan fingerprint density at radius 2 is 1.75 bits per heavy atom. The Morgan fingerprint density at radius 3 is 2.53 bits per heavy atom. The number of fused-ring (bicyclic) bond motifs is 1. The summed E-state index contributed by atoms with van der Waals surface area (Å²) in [5, 5.41) is 0. The van der Waals surface area contributed by atoms with Crippen LogP contribution in [0.5, 0.6) is 5.75 Å². The van der Waals surface area contributed by atoms with Crippen molar-refractivity contribution >= 4 is 5.91 Å². The number of methoxy groups -OCH3 is 1. The second kappa shape index (κ2) is 8.63. The smallest absolute Gasteiger partial charge is 0.259 e. The summed E-state index contributed by atoms with van der Waals surface area (Å²) in [5.41, 5.74) is 3.74. The molecule has 0 spiro atoms. The quantitative estimate of drug-likeness (QED) is 0.640. The van der Waals surface area contributed by atoms with Crippen LogP contribution in [0, 0.1) is 0 Å². The number of carbonyl (C=O) groups excluding carboxylic acids is 1. The summed E-state index contributed by atoms with van der Waals surface area (Å²) in [5.74, 6) is 0.231. The van der Waals surface area contributed by atoms with Crippen LogP contribution < -0.4 is 10.3 Å². The lowest BCUT2D eigenvalue weighted by Crippen LogP contribution is -2.41. The summed E-state index contributed by atoms with van der Waals surface area (Å²) in [4.78, 5) is 30.5. The van der Waals surface area contributed by atoms with Crippen LogP contribution in [-0.2, 0) is 13.0 Å². The highest BCUT2D eigenvalue weighted by Crippen LogP contribution is 2.27. The number of hydrogen-bond donors (Lipinski definition) is 0. The summed E-state index contributed by atoms with van der Waals surface area (Å²) in [6.45, 7) is 3.35. The van der Waals surface area contributed by atoms with E-state index in [1.807, 2.05) is 35.2 Å². The van der Waals surface area contributed by atoms with Gasteiger partial charge in [-0.05, 0) is 36.1 Å². The molecule has 1 amide bonds. The van der Waals surface area contributed by atoms with Crippen LogP contribution in [0.4, 0.5) is 0 Å². The summed E-state index contributed by atoms with van der Waals surface area (Å²) in [6.07, 6.45) is 3.62. The van der Waals surface area contributed by atoms with Gasteiger partial charge in [-0.15, -0.1) is 0 Å². The average Bonchev–Trinajstić information content (AvgIpc) is 3.34. The van der Waals surface area contributed by atoms with Crippen LogP contribution in [-0.4, -0.2) is 53.1 Å². The van der Waals surface area contributed by atoms with E-state index in [2.05, 4.69) is 29.2 Å². The monoisotopic (exact) mass is 429 g/mol. The first kappa shape index (κ1) is 20.5. The maximum Gasteiger partial charge on any atom is 0.259 e. The number of benzene rings is 2. The molecule has 0 bridgehead atoms. The molecule has 1 fully saturated rings. The third-order valence-electron chi connectivity index (χ3n) is 6.63. The van der Waals surface area contributed by atoms with Crippen LogP contribution in [0.2, 0.25) is 0 Å². The summed E-state index contributed by atoms with van der Waals surface area (Å²) in [7, 11) is 1.50. The molecule has 1 saturated heterocycles. The van der Waals surface area contributed by atoms with Crippen LogP contribution in [0.25, 0.3) is 5.69 Å². The Balaban J connectivity index is 1.36. The summed E-state index contributed by atoms with van der Waals surface area (Å²) >= 11 is 0. The van der Waals surface area contributed by atoms with Crippen molar-refractivity contribution in [2.45, 2.75) is 25.4 Å². The molecule has 5 rings (SSSR count). The van der Waals surface area contributed by atoms with Crippen LogP contribution in [0.1, 0.15) is 27.9 Å². The van der Waals surface area contributed by atoms with E-state index in [1.165, 1.54) is 28.9 Å². The molecule has 0 aliphatic carbocycles. The lowest BCUT2D eigenvalue weighted by molar-refractivity contribution is 0.0769. The zero-order valence-electron chi connectivity index (χ0n) is 18.2. The largest absolute Gasteiger partial charge is 0.496 e. The van der Waals surface area contributed by atoms with Crippen LogP contribution in [0.3, 0.4) is 0 Å². The Morgan fingerprint density at radius 1 is 1.00 bits per heavy atom. The van der Waals surface area contributed by atoms with E-state index in [9.17, 15) is 9.59 Å². The molecule has 0 saturated carbocycles. The van der Waals surface area contributed by atoms with Crippen molar-refractivity contribution in [3.8, 4) is 11.4 Å². The minimum atomic E-state index is -0.226. The molecule has 2 aliphatic rings. The number of nitrogens with zero attached hydrogens (tertiary/aromatic N) is 3. The first-order valence-electron chi connectivity index (χ1n) is 11.1. The van der Waals surface area contributed by atoms with Gasteiger partial charge in [-0.25, -0.2) is 0 Å². The number of carbonyl (C=O) groups is 1. The standard InChI is InChI=1S/C26H27N3O3/c1-32-24-15-25(30)29(21-9-3-2-4-10-21)18-23(24)26(31)28-14-12-22(17-28)27-13-11-19-7-5-6-8-20(19)16-27/h2-10,15,18,22H,11-14,16-17H2,1H3. The molecule has 6 heteroatoms. The van der Waals surface area contributed by atoms with Gasteiger partial charge in [0, 0.05) is 50.2 Å². The van der Waals surface area contributed by atoms with E-state index in [-0.39, 0.29) is 11.5 Å². The second-order valence-corrected chi connectivity index (χ2v) is 8.48. The topological polar surface area (TPSA) is 54.8 Å². The Kier molecular flexibility index (Phi) is 5.53. The molecule has 0 radical (unpaired) electrons. The molecule has 2 aromatic carbocycles. The average molecular weight is 430 g/mol. The van der Waals surface area contributed by atoms with E-state index < -0.39 is 0 Å². The number of para-hydroxylation sites is 1. The zero-order chi connectivity index (χ0) is 22.1. The van der Waals surface area contributed by atoms with Gasteiger partial charge in [0.05, 0.1) is 12.7 Å². The highest BCUT2D eigenvalue weighted by atomic mass is 16.5. The van der Waals surface area contributed by atoms with Crippen molar-refractivity contribution in [2.24, 2.45) is 0 Å². The molecule has 2 aliphatic heterocycles. The normalized spacial score (nSPS) is 18.4. The number of amides is 1. The SMILES string of the molecule is COc1cc(=O)n(-c2ccccc2)cc1C(=O)N1CCC(N2CCc3ccccc3C2)C1. The number of ether oxygens (including phenoxy) is 1. The molecular formula is C26H27N3O3. The maximum atomic E-state index is 13.5. The van der Waals surface area contributed by atoms with Crippen molar-refractivity contribution in [3.63, 3.8) is 0 Å². The number of rotatable bonds is 4. The van der Waals surface area contributed by atoms with Gasteiger partial charge in [-0.3, -0.25) is 19.1 Å². The number of aromatic nitrogens is 1. The van der Waals surface area contributed by atoms with Gasteiger partial charge in [0.2, 0.25) is 0 Å². The summed E-state index contributed by atoms with van der Waals surface area (Å²) in [6, 6.07) is 19.7. The summed E-state index contributed by atoms with van der Waals surface area (Å²) < 4.78 is 6.91. The van der Waals surface area contributed by atoms with Crippen molar-refractivity contribution in [3.05, 3.63) is 93.9 Å². The molecule has 6 nitrogen and oxygen atoms in total. The lowest BCUT2D eigenvalue weighted by Gasteiger charge is -2.33. The minimum absolute atomic E-state index is 0.0913. The highest BCUT2D eigenvalue weighted by molar-refractivity contribution is 5.97. The fourth-order valence-corrected chi connectivity index (χ4v) is 4.86. The fraction of sp³-hybridized carbons (Fsp3) is 0.308. The molecule has 3 heterocycles. The molecule has 164 valence electrons. The first-order chi connectivity index (χ1) is 15.6. The van der Waals surface area contributed by atoms with E-state index in [0.717, 1.165) is 31.6 Å². The lowest BCUT2D eigenvalue weighted by atomic mass is 9.98. The fourth-order valence-electron chi connectivity index (χ4n) is 4.86. The molecule has 0 N–H and O–H groups in total. The molecule has 1 aromatic heterocycles.